The molecule has 6 heteroatoms. The van der Waals surface area contributed by atoms with Crippen molar-refractivity contribution in [2.75, 3.05) is 6.54 Å². The first-order valence-electron chi connectivity index (χ1n) is 6.11. The van der Waals surface area contributed by atoms with Gasteiger partial charge in [-0.3, -0.25) is 14.9 Å². The Morgan fingerprint density at radius 3 is 2.42 bits per heavy atom. The molecular weight excluding hydrogens is 248 g/mol. The van der Waals surface area contributed by atoms with Gasteiger partial charge in [0.2, 0.25) is 0 Å². The molecule has 0 saturated carbocycles. The lowest BCUT2D eigenvalue weighted by Gasteiger charge is -2.14. The van der Waals surface area contributed by atoms with Crippen molar-refractivity contribution in [3.05, 3.63) is 39.9 Å². The summed E-state index contributed by atoms with van der Waals surface area (Å²) in [4.78, 5) is 21.7. The Bertz CT molecular complexity index is 442. The summed E-state index contributed by atoms with van der Waals surface area (Å²) in [5, 5.41) is 22.4. The minimum absolute atomic E-state index is 0.0426. The number of carbonyl (C=O) groups is 1. The zero-order valence-electron chi connectivity index (χ0n) is 11.0. The van der Waals surface area contributed by atoms with Crippen molar-refractivity contribution >= 4 is 11.6 Å². The summed E-state index contributed by atoms with van der Waals surface area (Å²) >= 11 is 0. The maximum Gasteiger partial charge on any atom is 0.269 e. The average Bonchev–Trinajstić information content (AvgIpc) is 2.35. The second-order valence-corrected chi connectivity index (χ2v) is 4.70. The number of amides is 1. The van der Waals surface area contributed by atoms with E-state index < -0.39 is 11.0 Å². The van der Waals surface area contributed by atoms with Crippen molar-refractivity contribution in [3.63, 3.8) is 0 Å². The monoisotopic (exact) mass is 266 g/mol. The Labute approximate surface area is 111 Å². The zero-order valence-corrected chi connectivity index (χ0v) is 11.0. The van der Waals surface area contributed by atoms with E-state index in [-0.39, 0.29) is 17.5 Å². The van der Waals surface area contributed by atoms with Gasteiger partial charge >= 0.3 is 0 Å². The van der Waals surface area contributed by atoms with Crippen LogP contribution in [0.4, 0.5) is 5.69 Å². The van der Waals surface area contributed by atoms with Crippen LogP contribution in [-0.4, -0.2) is 28.6 Å². The Hall–Kier alpha value is -1.95. The molecule has 2 atom stereocenters. The minimum Gasteiger partial charge on any atom is -0.393 e. The molecule has 0 heterocycles. The number of hydrogen-bond acceptors (Lipinski definition) is 4. The molecule has 6 nitrogen and oxygen atoms in total. The van der Waals surface area contributed by atoms with Crippen molar-refractivity contribution in [1.29, 1.82) is 0 Å². The molecule has 0 aliphatic heterocycles. The van der Waals surface area contributed by atoms with Crippen LogP contribution in [0.1, 0.15) is 30.6 Å². The first-order valence-corrected chi connectivity index (χ1v) is 6.11. The van der Waals surface area contributed by atoms with Gasteiger partial charge in [-0.25, -0.2) is 0 Å². The number of nitro benzene ring substituents is 1. The number of rotatable bonds is 6. The molecule has 0 bridgehead atoms. The van der Waals surface area contributed by atoms with Gasteiger partial charge in [0.25, 0.3) is 11.6 Å². The van der Waals surface area contributed by atoms with Crippen LogP contribution >= 0.6 is 0 Å². The van der Waals surface area contributed by atoms with E-state index >= 15 is 0 Å². The summed E-state index contributed by atoms with van der Waals surface area (Å²) in [6, 6.07) is 5.45. The molecule has 2 unspecified atom stereocenters. The molecule has 1 aromatic rings. The van der Waals surface area contributed by atoms with E-state index in [1.54, 1.807) is 6.92 Å². The SMILES string of the molecule is CC(O)CC(C)CNC(=O)c1ccc([N+](=O)[O-])cc1. The van der Waals surface area contributed by atoms with E-state index in [1.807, 2.05) is 6.92 Å². The van der Waals surface area contributed by atoms with Gasteiger partial charge in [-0.05, 0) is 31.4 Å². The van der Waals surface area contributed by atoms with Crippen molar-refractivity contribution in [2.24, 2.45) is 5.92 Å². The van der Waals surface area contributed by atoms with Crippen LogP contribution in [0.5, 0.6) is 0 Å². The fraction of sp³-hybridized carbons (Fsp3) is 0.462. The van der Waals surface area contributed by atoms with E-state index in [9.17, 15) is 20.0 Å². The number of benzene rings is 1. The molecule has 1 amide bonds. The number of hydrogen-bond donors (Lipinski definition) is 2. The van der Waals surface area contributed by atoms with Crippen molar-refractivity contribution in [1.82, 2.24) is 5.32 Å². The topological polar surface area (TPSA) is 92.5 Å². The van der Waals surface area contributed by atoms with Gasteiger partial charge in [0.1, 0.15) is 0 Å². The third kappa shape index (κ3) is 5.05. The second kappa shape index (κ2) is 6.84. The van der Waals surface area contributed by atoms with Crippen molar-refractivity contribution < 1.29 is 14.8 Å². The molecule has 1 aromatic carbocycles. The Kier molecular flexibility index (Phi) is 5.44. The molecule has 0 aliphatic carbocycles. The normalized spacial score (nSPS) is 13.6. The molecule has 0 spiro atoms. The number of non-ortho nitro benzene ring substituents is 1. The fourth-order valence-corrected chi connectivity index (χ4v) is 1.77. The molecular formula is C13H18N2O4. The Morgan fingerprint density at radius 2 is 1.95 bits per heavy atom. The average molecular weight is 266 g/mol. The highest BCUT2D eigenvalue weighted by atomic mass is 16.6. The van der Waals surface area contributed by atoms with Gasteiger partial charge < -0.3 is 10.4 Å². The van der Waals surface area contributed by atoms with E-state index in [2.05, 4.69) is 5.32 Å². The minimum atomic E-state index is -0.508. The molecule has 2 N–H and O–H groups in total. The molecule has 104 valence electrons. The van der Waals surface area contributed by atoms with Crippen molar-refractivity contribution in [3.8, 4) is 0 Å². The molecule has 0 saturated heterocycles. The first kappa shape index (κ1) is 15.1. The van der Waals surface area contributed by atoms with Crippen LogP contribution in [0.15, 0.2) is 24.3 Å². The second-order valence-electron chi connectivity index (χ2n) is 4.70. The molecule has 19 heavy (non-hydrogen) atoms. The van der Waals surface area contributed by atoms with E-state index in [0.29, 0.717) is 18.5 Å². The maximum atomic E-state index is 11.8. The standard InChI is InChI=1S/C13H18N2O4/c1-9(7-10(2)16)8-14-13(17)11-3-5-12(6-4-11)15(18)19/h3-6,9-10,16H,7-8H2,1-2H3,(H,14,17). The summed E-state index contributed by atoms with van der Waals surface area (Å²) in [6.45, 7) is 4.10. The number of nitrogens with zero attached hydrogens (tertiary/aromatic N) is 1. The van der Waals surface area contributed by atoms with E-state index in [1.165, 1.54) is 24.3 Å². The van der Waals surface area contributed by atoms with Gasteiger partial charge in [0, 0.05) is 24.2 Å². The van der Waals surface area contributed by atoms with Crippen LogP contribution < -0.4 is 5.32 Å². The quantitative estimate of drug-likeness (QED) is 0.605. The smallest absolute Gasteiger partial charge is 0.269 e. The molecule has 0 aromatic heterocycles. The largest absolute Gasteiger partial charge is 0.393 e. The zero-order chi connectivity index (χ0) is 14.4. The number of aliphatic hydroxyl groups excluding tert-OH is 1. The predicted molar refractivity (Wildman–Crippen MR) is 70.9 cm³/mol. The summed E-state index contributed by atoms with van der Waals surface area (Å²) in [5.74, 6) is -0.102. The van der Waals surface area contributed by atoms with Crippen LogP contribution in [0.25, 0.3) is 0 Å². The van der Waals surface area contributed by atoms with Crippen LogP contribution in [0.3, 0.4) is 0 Å². The van der Waals surface area contributed by atoms with Crippen LogP contribution in [0.2, 0.25) is 0 Å². The lowest BCUT2D eigenvalue weighted by Crippen LogP contribution is -2.29. The third-order valence-electron chi connectivity index (χ3n) is 2.69. The maximum absolute atomic E-state index is 11.8. The van der Waals surface area contributed by atoms with Gasteiger partial charge in [-0.1, -0.05) is 6.92 Å². The fourth-order valence-electron chi connectivity index (χ4n) is 1.77. The van der Waals surface area contributed by atoms with Gasteiger partial charge in [-0.2, -0.15) is 0 Å². The lowest BCUT2D eigenvalue weighted by atomic mass is 10.0. The molecule has 0 aliphatic rings. The highest BCUT2D eigenvalue weighted by Crippen LogP contribution is 2.12. The van der Waals surface area contributed by atoms with Crippen LogP contribution in [-0.2, 0) is 0 Å². The number of nitro groups is 1. The molecule has 1 rings (SSSR count). The summed E-state index contributed by atoms with van der Waals surface area (Å²) in [5.41, 5.74) is 0.342. The van der Waals surface area contributed by atoms with Gasteiger partial charge in [0.05, 0.1) is 11.0 Å². The molecule has 0 fully saturated rings. The van der Waals surface area contributed by atoms with E-state index in [4.69, 9.17) is 0 Å². The summed E-state index contributed by atoms with van der Waals surface area (Å²) < 4.78 is 0. The van der Waals surface area contributed by atoms with Crippen LogP contribution in [0, 0.1) is 16.0 Å². The highest BCUT2D eigenvalue weighted by Gasteiger charge is 2.11. The van der Waals surface area contributed by atoms with E-state index in [0.717, 1.165) is 0 Å². The van der Waals surface area contributed by atoms with Gasteiger partial charge in [-0.15, -0.1) is 0 Å². The third-order valence-corrected chi connectivity index (χ3v) is 2.69. The summed E-state index contributed by atoms with van der Waals surface area (Å²) in [6.07, 6.45) is 0.215. The molecule has 0 radical (unpaired) electrons. The number of aliphatic hydroxyl groups is 1. The lowest BCUT2D eigenvalue weighted by molar-refractivity contribution is -0.384. The first-order chi connectivity index (χ1) is 8.90. The number of nitrogens with one attached hydrogen (secondary N) is 1. The van der Waals surface area contributed by atoms with Crippen molar-refractivity contribution in [2.45, 2.75) is 26.4 Å². The Morgan fingerprint density at radius 1 is 1.37 bits per heavy atom. The Balaban J connectivity index is 2.52. The summed E-state index contributed by atoms with van der Waals surface area (Å²) in [7, 11) is 0. The van der Waals surface area contributed by atoms with Gasteiger partial charge in [0.15, 0.2) is 0 Å². The predicted octanol–water partition coefficient (Wildman–Crippen LogP) is 1.73. The number of carbonyl (C=O) groups excluding carboxylic acids is 1. The highest BCUT2D eigenvalue weighted by molar-refractivity contribution is 5.94.